The molecule has 18 heavy (non-hydrogen) atoms. The van der Waals surface area contributed by atoms with Gasteiger partial charge in [-0.25, -0.2) is 4.98 Å². The predicted octanol–water partition coefficient (Wildman–Crippen LogP) is 1.36. The Morgan fingerprint density at radius 1 is 1.39 bits per heavy atom. The van der Waals surface area contributed by atoms with E-state index in [0.29, 0.717) is 16.9 Å². The molecular formula is C10H8N6O2. The van der Waals surface area contributed by atoms with E-state index in [0.717, 1.165) is 0 Å². The number of aryl methyl sites for hydroxylation is 1. The van der Waals surface area contributed by atoms with Crippen LogP contribution in [-0.2, 0) is 0 Å². The molecule has 0 saturated carbocycles. The van der Waals surface area contributed by atoms with Crippen LogP contribution in [0.4, 0.5) is 5.82 Å². The van der Waals surface area contributed by atoms with Crippen LogP contribution in [0.3, 0.4) is 0 Å². The molecule has 90 valence electrons. The molecule has 2 aromatic heterocycles. The number of nitrogens with zero attached hydrogens (tertiary/aromatic N) is 5. The lowest BCUT2D eigenvalue weighted by Gasteiger charge is -1.97. The number of hydrogen-bond acceptors (Lipinski definition) is 5. The Labute approximate surface area is 100 Å². The van der Waals surface area contributed by atoms with Crippen molar-refractivity contribution in [1.29, 1.82) is 0 Å². The summed E-state index contributed by atoms with van der Waals surface area (Å²) in [6.45, 7) is 1.65. The third kappa shape index (κ3) is 1.43. The smallest absolute Gasteiger partial charge is 0.358 e. The van der Waals surface area contributed by atoms with Gasteiger partial charge in [0, 0.05) is 6.92 Å². The first kappa shape index (κ1) is 10.4. The number of benzene rings is 1. The van der Waals surface area contributed by atoms with Crippen molar-refractivity contribution in [1.82, 2.24) is 25.0 Å². The fourth-order valence-corrected chi connectivity index (χ4v) is 1.77. The Balaban J connectivity index is 2.29. The Kier molecular flexibility index (Phi) is 2.09. The van der Waals surface area contributed by atoms with Crippen molar-refractivity contribution in [2.45, 2.75) is 6.92 Å². The highest BCUT2D eigenvalue weighted by Gasteiger charge is 2.22. The van der Waals surface area contributed by atoms with Gasteiger partial charge in [-0.15, -0.1) is 5.10 Å². The van der Waals surface area contributed by atoms with Crippen molar-refractivity contribution in [3.63, 3.8) is 0 Å². The Morgan fingerprint density at radius 3 is 2.94 bits per heavy atom. The topological polar surface area (TPSA) is 103 Å². The number of rotatable bonds is 2. The maximum Gasteiger partial charge on any atom is 0.367 e. The largest absolute Gasteiger partial charge is 0.367 e. The average molecular weight is 244 g/mol. The molecular weight excluding hydrogens is 236 g/mol. The SMILES string of the molecule is Cc1nc(-n2nnc3ccccc32)c([N+](=O)[O-])[nH]1. The highest BCUT2D eigenvalue weighted by atomic mass is 16.6. The van der Waals surface area contributed by atoms with Crippen LogP contribution in [0.5, 0.6) is 0 Å². The van der Waals surface area contributed by atoms with E-state index >= 15 is 0 Å². The first-order valence-corrected chi connectivity index (χ1v) is 5.18. The molecule has 3 aromatic rings. The molecule has 0 fully saturated rings. The minimum Gasteiger partial charge on any atom is -0.358 e. The third-order valence-corrected chi connectivity index (χ3v) is 2.52. The van der Waals surface area contributed by atoms with Crippen molar-refractivity contribution >= 4 is 16.9 Å². The molecule has 0 unspecified atom stereocenters. The number of H-pyrrole nitrogens is 1. The zero-order valence-corrected chi connectivity index (χ0v) is 9.36. The molecule has 0 spiro atoms. The summed E-state index contributed by atoms with van der Waals surface area (Å²) < 4.78 is 1.36. The van der Waals surface area contributed by atoms with Gasteiger partial charge in [-0.2, -0.15) is 9.67 Å². The van der Waals surface area contributed by atoms with Crippen LogP contribution in [0.2, 0.25) is 0 Å². The molecule has 2 heterocycles. The van der Waals surface area contributed by atoms with Gasteiger partial charge >= 0.3 is 5.82 Å². The van der Waals surface area contributed by atoms with E-state index in [1.54, 1.807) is 19.1 Å². The van der Waals surface area contributed by atoms with Crippen LogP contribution in [0.1, 0.15) is 5.82 Å². The number of hydrogen-bond donors (Lipinski definition) is 1. The number of para-hydroxylation sites is 1. The number of imidazole rings is 1. The monoisotopic (exact) mass is 244 g/mol. The number of aromatic nitrogens is 5. The lowest BCUT2D eigenvalue weighted by molar-refractivity contribution is -0.389. The highest BCUT2D eigenvalue weighted by molar-refractivity contribution is 5.76. The van der Waals surface area contributed by atoms with E-state index in [1.165, 1.54) is 4.68 Å². The molecule has 0 saturated heterocycles. The first-order chi connectivity index (χ1) is 8.66. The second kappa shape index (κ2) is 3.62. The molecule has 3 rings (SSSR count). The Hall–Kier alpha value is -2.77. The van der Waals surface area contributed by atoms with Gasteiger partial charge in [0.1, 0.15) is 5.52 Å². The van der Waals surface area contributed by atoms with E-state index in [9.17, 15) is 10.1 Å². The van der Waals surface area contributed by atoms with Gasteiger partial charge in [0.2, 0.25) is 0 Å². The molecule has 1 aromatic carbocycles. The molecule has 8 nitrogen and oxygen atoms in total. The van der Waals surface area contributed by atoms with Crippen LogP contribution < -0.4 is 0 Å². The maximum absolute atomic E-state index is 10.9. The summed E-state index contributed by atoms with van der Waals surface area (Å²) in [6.07, 6.45) is 0. The van der Waals surface area contributed by atoms with Crippen molar-refractivity contribution in [2.75, 3.05) is 0 Å². The van der Waals surface area contributed by atoms with Gasteiger partial charge in [0.25, 0.3) is 5.82 Å². The van der Waals surface area contributed by atoms with Gasteiger partial charge < -0.3 is 10.1 Å². The second-order valence-electron chi connectivity index (χ2n) is 3.74. The Morgan fingerprint density at radius 2 is 2.17 bits per heavy atom. The van der Waals surface area contributed by atoms with Crippen molar-refractivity contribution in [2.24, 2.45) is 0 Å². The zero-order valence-electron chi connectivity index (χ0n) is 9.36. The lowest BCUT2D eigenvalue weighted by atomic mass is 10.3. The summed E-state index contributed by atoms with van der Waals surface area (Å²) in [5, 5.41) is 18.8. The molecule has 0 bridgehead atoms. The van der Waals surface area contributed by atoms with E-state index in [2.05, 4.69) is 20.3 Å². The van der Waals surface area contributed by atoms with Crippen LogP contribution in [-0.4, -0.2) is 29.9 Å². The molecule has 0 amide bonds. The van der Waals surface area contributed by atoms with Crippen LogP contribution in [0.25, 0.3) is 16.9 Å². The second-order valence-corrected chi connectivity index (χ2v) is 3.74. The molecule has 0 aliphatic rings. The van der Waals surface area contributed by atoms with Crippen LogP contribution in [0, 0.1) is 17.0 Å². The summed E-state index contributed by atoms with van der Waals surface area (Å²) in [7, 11) is 0. The summed E-state index contributed by atoms with van der Waals surface area (Å²) in [6, 6.07) is 7.20. The summed E-state index contributed by atoms with van der Waals surface area (Å²) >= 11 is 0. The number of nitro groups is 1. The van der Waals surface area contributed by atoms with Crippen molar-refractivity contribution < 1.29 is 4.92 Å². The molecule has 1 N–H and O–H groups in total. The quantitative estimate of drug-likeness (QED) is 0.541. The van der Waals surface area contributed by atoms with Crippen molar-refractivity contribution in [3.8, 4) is 5.82 Å². The summed E-state index contributed by atoms with van der Waals surface area (Å²) in [5.74, 6) is 0.408. The van der Waals surface area contributed by atoms with E-state index in [1.807, 2.05) is 12.1 Å². The fourth-order valence-electron chi connectivity index (χ4n) is 1.77. The van der Waals surface area contributed by atoms with Crippen LogP contribution in [0.15, 0.2) is 24.3 Å². The zero-order chi connectivity index (χ0) is 12.7. The van der Waals surface area contributed by atoms with Crippen molar-refractivity contribution in [3.05, 3.63) is 40.2 Å². The lowest BCUT2D eigenvalue weighted by Crippen LogP contribution is -2.01. The highest BCUT2D eigenvalue weighted by Crippen LogP contribution is 2.22. The van der Waals surface area contributed by atoms with Gasteiger partial charge in [-0.1, -0.05) is 17.3 Å². The summed E-state index contributed by atoms with van der Waals surface area (Å²) in [4.78, 5) is 17.1. The van der Waals surface area contributed by atoms with Gasteiger partial charge in [0.05, 0.1) is 5.52 Å². The third-order valence-electron chi connectivity index (χ3n) is 2.52. The minimum absolute atomic E-state index is 0.145. The van der Waals surface area contributed by atoms with Gasteiger partial charge in [0.15, 0.2) is 5.82 Å². The fraction of sp³-hybridized carbons (Fsp3) is 0.100. The van der Waals surface area contributed by atoms with Gasteiger partial charge in [-0.3, -0.25) is 0 Å². The molecule has 0 atom stereocenters. The summed E-state index contributed by atoms with van der Waals surface area (Å²) in [5.41, 5.74) is 1.33. The standard InChI is InChI=1S/C10H8N6O2/c1-6-11-9(10(12-6)16(17)18)15-8-5-3-2-4-7(8)13-14-15/h2-5H,1H3,(H,11,12). The minimum atomic E-state index is -0.522. The molecule has 0 radical (unpaired) electrons. The number of aromatic amines is 1. The first-order valence-electron chi connectivity index (χ1n) is 5.18. The number of nitrogens with one attached hydrogen (secondary N) is 1. The van der Waals surface area contributed by atoms with E-state index in [-0.39, 0.29) is 11.6 Å². The van der Waals surface area contributed by atoms with E-state index < -0.39 is 4.92 Å². The molecule has 8 heteroatoms. The molecule has 0 aliphatic heterocycles. The van der Waals surface area contributed by atoms with Crippen LogP contribution >= 0.6 is 0 Å². The van der Waals surface area contributed by atoms with Gasteiger partial charge in [-0.05, 0) is 17.1 Å². The number of fused-ring (bicyclic) bond motifs is 1. The normalized spacial score (nSPS) is 10.9. The molecule has 0 aliphatic carbocycles. The Bertz CT molecular complexity index is 744. The maximum atomic E-state index is 10.9. The predicted molar refractivity (Wildman–Crippen MR) is 62.4 cm³/mol. The average Bonchev–Trinajstić information content (AvgIpc) is 2.92. The van der Waals surface area contributed by atoms with E-state index in [4.69, 9.17) is 0 Å².